The first kappa shape index (κ1) is 14.1. The van der Waals surface area contributed by atoms with E-state index in [-0.39, 0.29) is 0 Å². The van der Waals surface area contributed by atoms with E-state index in [0.29, 0.717) is 0 Å². The van der Waals surface area contributed by atoms with Gasteiger partial charge in [-0.15, -0.1) is 0 Å². The monoisotopic (exact) mass is 224 g/mol. The highest BCUT2D eigenvalue weighted by atomic mass is 14.6. The van der Waals surface area contributed by atoms with Crippen molar-refractivity contribution in [3.63, 3.8) is 0 Å². The fraction of sp³-hybridized carbons (Fsp3) is 1.00. The predicted octanol–water partition coefficient (Wildman–Crippen LogP) is 5.81. The van der Waals surface area contributed by atoms with Gasteiger partial charge in [-0.05, 0) is 30.1 Å². The third-order valence-electron chi connectivity index (χ3n) is 5.07. The summed E-state index contributed by atoms with van der Waals surface area (Å²) < 4.78 is 0. The Morgan fingerprint density at radius 3 is 1.94 bits per heavy atom. The highest BCUT2D eigenvalue weighted by Gasteiger charge is 2.58. The van der Waals surface area contributed by atoms with Gasteiger partial charge in [-0.25, -0.2) is 0 Å². The van der Waals surface area contributed by atoms with Crippen molar-refractivity contribution in [3.05, 3.63) is 0 Å². The molecule has 1 saturated carbocycles. The zero-order chi connectivity index (χ0) is 12.0. The molecule has 96 valence electrons. The van der Waals surface area contributed by atoms with Crippen molar-refractivity contribution in [2.75, 3.05) is 0 Å². The SMILES string of the molecule is CCCCCCC1(CCCC)C(C)C1CC. The van der Waals surface area contributed by atoms with Gasteiger partial charge in [-0.3, -0.25) is 0 Å². The molecule has 0 aliphatic heterocycles. The summed E-state index contributed by atoms with van der Waals surface area (Å²) in [5.41, 5.74) is 0.776. The minimum absolute atomic E-state index is 0.776. The zero-order valence-electron chi connectivity index (χ0n) is 12.0. The van der Waals surface area contributed by atoms with Gasteiger partial charge < -0.3 is 0 Å². The van der Waals surface area contributed by atoms with E-state index in [1.165, 1.54) is 57.8 Å². The molecule has 1 aliphatic carbocycles. The molecule has 3 atom stereocenters. The van der Waals surface area contributed by atoms with Crippen molar-refractivity contribution in [2.24, 2.45) is 17.3 Å². The molecule has 1 fully saturated rings. The van der Waals surface area contributed by atoms with Crippen LogP contribution in [0.4, 0.5) is 0 Å². The van der Waals surface area contributed by atoms with Gasteiger partial charge in [0.2, 0.25) is 0 Å². The minimum Gasteiger partial charge on any atom is -0.0654 e. The van der Waals surface area contributed by atoms with Crippen LogP contribution in [-0.2, 0) is 0 Å². The van der Waals surface area contributed by atoms with E-state index in [1.807, 2.05) is 0 Å². The Bertz CT molecular complexity index is 184. The van der Waals surface area contributed by atoms with Gasteiger partial charge in [0.05, 0.1) is 0 Å². The van der Waals surface area contributed by atoms with Crippen molar-refractivity contribution in [1.82, 2.24) is 0 Å². The lowest BCUT2D eigenvalue weighted by molar-refractivity contribution is 0.338. The van der Waals surface area contributed by atoms with Crippen molar-refractivity contribution in [2.45, 2.75) is 85.5 Å². The lowest BCUT2D eigenvalue weighted by Crippen LogP contribution is -2.06. The van der Waals surface area contributed by atoms with E-state index in [4.69, 9.17) is 0 Å². The first-order valence-electron chi connectivity index (χ1n) is 7.72. The molecule has 3 unspecified atom stereocenters. The molecule has 0 amide bonds. The summed E-state index contributed by atoms with van der Waals surface area (Å²) in [6.07, 6.45) is 13.0. The molecule has 1 rings (SSSR count). The molecule has 16 heavy (non-hydrogen) atoms. The average molecular weight is 224 g/mol. The highest BCUT2D eigenvalue weighted by molar-refractivity contribution is 5.07. The standard InChI is InChI=1S/C16H32/c1-5-8-10-11-13-16(12-9-6-2)14(4)15(16)7-3/h14-15H,5-13H2,1-4H3. The van der Waals surface area contributed by atoms with Crippen LogP contribution in [0.2, 0.25) is 0 Å². The van der Waals surface area contributed by atoms with E-state index in [9.17, 15) is 0 Å². The second kappa shape index (κ2) is 6.67. The largest absolute Gasteiger partial charge is 0.0654 e. The number of hydrogen-bond acceptors (Lipinski definition) is 0. The van der Waals surface area contributed by atoms with E-state index in [1.54, 1.807) is 0 Å². The summed E-state index contributed by atoms with van der Waals surface area (Å²) in [4.78, 5) is 0. The molecule has 0 spiro atoms. The lowest BCUT2D eigenvalue weighted by atomic mass is 9.88. The summed E-state index contributed by atoms with van der Waals surface area (Å²) in [5, 5.41) is 0. The maximum atomic E-state index is 2.50. The normalized spacial score (nSPS) is 33.0. The highest BCUT2D eigenvalue weighted by Crippen LogP contribution is 2.65. The first-order chi connectivity index (χ1) is 7.72. The number of hydrogen-bond donors (Lipinski definition) is 0. The topological polar surface area (TPSA) is 0 Å². The van der Waals surface area contributed by atoms with E-state index in [2.05, 4.69) is 27.7 Å². The maximum Gasteiger partial charge on any atom is -0.0238 e. The Hall–Kier alpha value is 0. The molecule has 0 heterocycles. The smallest absolute Gasteiger partial charge is 0.0238 e. The molecule has 0 N–H and O–H groups in total. The Kier molecular flexibility index (Phi) is 5.86. The van der Waals surface area contributed by atoms with E-state index < -0.39 is 0 Å². The molecule has 0 nitrogen and oxygen atoms in total. The fourth-order valence-corrected chi connectivity index (χ4v) is 3.90. The molecule has 0 heteroatoms. The Balaban J connectivity index is 2.34. The van der Waals surface area contributed by atoms with Gasteiger partial charge >= 0.3 is 0 Å². The third-order valence-corrected chi connectivity index (χ3v) is 5.07. The van der Waals surface area contributed by atoms with Gasteiger partial charge in [0, 0.05) is 0 Å². The first-order valence-corrected chi connectivity index (χ1v) is 7.72. The quantitative estimate of drug-likeness (QED) is 0.434. The Labute approximate surface area is 103 Å². The predicted molar refractivity (Wildman–Crippen MR) is 73.7 cm³/mol. The van der Waals surface area contributed by atoms with Crippen LogP contribution in [0.15, 0.2) is 0 Å². The van der Waals surface area contributed by atoms with Gasteiger partial charge in [0.15, 0.2) is 0 Å². The van der Waals surface area contributed by atoms with Gasteiger partial charge in [0.25, 0.3) is 0 Å². The van der Waals surface area contributed by atoms with E-state index >= 15 is 0 Å². The van der Waals surface area contributed by atoms with Crippen molar-refractivity contribution in [3.8, 4) is 0 Å². The van der Waals surface area contributed by atoms with E-state index in [0.717, 1.165) is 17.3 Å². The molecule has 0 bridgehead atoms. The Morgan fingerprint density at radius 1 is 0.812 bits per heavy atom. The van der Waals surface area contributed by atoms with Crippen molar-refractivity contribution in [1.29, 1.82) is 0 Å². The van der Waals surface area contributed by atoms with Crippen LogP contribution in [0.3, 0.4) is 0 Å². The van der Waals surface area contributed by atoms with Crippen LogP contribution in [0.25, 0.3) is 0 Å². The molecular weight excluding hydrogens is 192 g/mol. The zero-order valence-corrected chi connectivity index (χ0v) is 12.0. The lowest BCUT2D eigenvalue weighted by Gasteiger charge is -2.17. The summed E-state index contributed by atoms with van der Waals surface area (Å²) in [7, 11) is 0. The number of unbranched alkanes of at least 4 members (excludes halogenated alkanes) is 4. The second-order valence-electron chi connectivity index (χ2n) is 5.95. The summed E-state index contributed by atoms with van der Waals surface area (Å²) in [5.74, 6) is 2.08. The molecular formula is C16H32. The maximum absolute atomic E-state index is 2.50. The summed E-state index contributed by atoms with van der Waals surface area (Å²) in [6.45, 7) is 9.53. The van der Waals surface area contributed by atoms with Gasteiger partial charge in [-0.1, -0.05) is 72.6 Å². The fourth-order valence-electron chi connectivity index (χ4n) is 3.90. The number of rotatable bonds is 9. The molecule has 0 saturated heterocycles. The summed E-state index contributed by atoms with van der Waals surface area (Å²) >= 11 is 0. The molecule has 0 aromatic heterocycles. The Morgan fingerprint density at radius 2 is 1.44 bits per heavy atom. The van der Waals surface area contributed by atoms with Crippen LogP contribution in [0, 0.1) is 17.3 Å². The second-order valence-corrected chi connectivity index (χ2v) is 5.95. The average Bonchev–Trinajstić information content (AvgIpc) is 2.86. The van der Waals surface area contributed by atoms with Gasteiger partial charge in [-0.2, -0.15) is 0 Å². The van der Waals surface area contributed by atoms with Crippen LogP contribution < -0.4 is 0 Å². The molecule has 0 aromatic rings. The van der Waals surface area contributed by atoms with Crippen LogP contribution >= 0.6 is 0 Å². The van der Waals surface area contributed by atoms with Crippen molar-refractivity contribution >= 4 is 0 Å². The summed E-state index contributed by atoms with van der Waals surface area (Å²) in [6, 6.07) is 0. The molecule has 1 aliphatic rings. The molecule has 0 aromatic carbocycles. The van der Waals surface area contributed by atoms with Crippen LogP contribution in [0.1, 0.15) is 85.5 Å². The van der Waals surface area contributed by atoms with Crippen LogP contribution in [-0.4, -0.2) is 0 Å². The molecule has 0 radical (unpaired) electrons. The van der Waals surface area contributed by atoms with Crippen molar-refractivity contribution < 1.29 is 0 Å². The van der Waals surface area contributed by atoms with Crippen LogP contribution in [0.5, 0.6) is 0 Å². The van der Waals surface area contributed by atoms with Gasteiger partial charge in [0.1, 0.15) is 0 Å². The minimum atomic E-state index is 0.776. The third kappa shape index (κ3) is 3.02.